The molecule has 3 aromatic rings. The normalized spacial score (nSPS) is 12.4. The highest BCUT2D eigenvalue weighted by molar-refractivity contribution is 7.89. The Hall–Kier alpha value is -3.89. The van der Waals surface area contributed by atoms with Crippen LogP contribution < -0.4 is 10.1 Å². The highest BCUT2D eigenvalue weighted by Crippen LogP contribution is 2.13. The second kappa shape index (κ2) is 10.6. The van der Waals surface area contributed by atoms with E-state index in [0.717, 1.165) is 11.1 Å². The first-order chi connectivity index (χ1) is 15.7. The fourth-order valence-electron chi connectivity index (χ4n) is 2.98. The first-order valence-corrected chi connectivity index (χ1v) is 11.4. The third-order valence-corrected chi connectivity index (χ3v) is 6.18. The lowest BCUT2D eigenvalue weighted by Gasteiger charge is -2.17. The Morgan fingerprint density at radius 3 is 2.42 bits per heavy atom. The van der Waals surface area contributed by atoms with Crippen LogP contribution in [0.5, 0.6) is 0 Å². The number of nitrogens with one attached hydrogen (secondary N) is 2. The van der Waals surface area contributed by atoms with Crippen LogP contribution in [-0.4, -0.2) is 31.5 Å². The molecule has 3 rings (SSSR count). The minimum atomic E-state index is -3.97. The van der Waals surface area contributed by atoms with Crippen LogP contribution in [0.4, 0.5) is 5.69 Å². The van der Waals surface area contributed by atoms with Crippen molar-refractivity contribution < 1.29 is 18.1 Å². The number of non-ortho nitro benzene ring substituents is 1. The number of hydrazone groups is 1. The molecular weight excluding hydrogens is 444 g/mol. The molecular formula is C23H22N4O5S. The Balaban J connectivity index is 1.78. The molecule has 0 heterocycles. The summed E-state index contributed by atoms with van der Waals surface area (Å²) in [5.41, 5.74) is 4.27. The minimum Gasteiger partial charge on any atom is -0.271 e. The molecule has 0 radical (unpaired) electrons. The van der Waals surface area contributed by atoms with Gasteiger partial charge < -0.3 is 0 Å². The molecule has 10 heteroatoms. The smallest absolute Gasteiger partial charge is 0.270 e. The van der Waals surface area contributed by atoms with E-state index in [-0.39, 0.29) is 17.0 Å². The van der Waals surface area contributed by atoms with E-state index >= 15 is 0 Å². The van der Waals surface area contributed by atoms with Crippen molar-refractivity contribution in [1.29, 1.82) is 0 Å². The molecule has 0 fully saturated rings. The van der Waals surface area contributed by atoms with Gasteiger partial charge in [0.15, 0.2) is 0 Å². The van der Waals surface area contributed by atoms with Crippen LogP contribution in [0, 0.1) is 17.0 Å². The lowest BCUT2D eigenvalue weighted by molar-refractivity contribution is -0.384. The second-order valence-electron chi connectivity index (χ2n) is 7.26. The first kappa shape index (κ1) is 23.8. The number of aryl methyl sites for hydroxylation is 1. The van der Waals surface area contributed by atoms with E-state index in [9.17, 15) is 23.3 Å². The van der Waals surface area contributed by atoms with Crippen LogP contribution >= 0.6 is 0 Å². The number of carbonyl (C=O) groups is 1. The summed E-state index contributed by atoms with van der Waals surface area (Å²) in [7, 11) is -3.97. The number of nitro benzene ring substituents is 1. The number of benzene rings is 3. The molecule has 3 aromatic carbocycles. The van der Waals surface area contributed by atoms with Gasteiger partial charge in [-0.05, 0) is 31.0 Å². The van der Waals surface area contributed by atoms with E-state index in [2.05, 4.69) is 15.2 Å². The molecule has 9 nitrogen and oxygen atoms in total. The Labute approximate surface area is 191 Å². The summed E-state index contributed by atoms with van der Waals surface area (Å²) in [5.74, 6) is -0.670. The molecule has 0 aromatic heterocycles. The van der Waals surface area contributed by atoms with Gasteiger partial charge in [-0.15, -0.1) is 0 Å². The molecule has 33 heavy (non-hydrogen) atoms. The summed E-state index contributed by atoms with van der Waals surface area (Å²) in [5, 5.41) is 14.7. The van der Waals surface area contributed by atoms with Gasteiger partial charge in [-0.2, -0.15) is 9.82 Å². The predicted octanol–water partition coefficient (Wildman–Crippen LogP) is 2.94. The van der Waals surface area contributed by atoms with Crippen LogP contribution in [0.1, 0.15) is 16.7 Å². The fraction of sp³-hybridized carbons (Fsp3) is 0.130. The molecule has 0 saturated heterocycles. The maximum atomic E-state index is 12.9. The van der Waals surface area contributed by atoms with E-state index in [0.29, 0.717) is 5.56 Å². The van der Waals surface area contributed by atoms with Crippen molar-refractivity contribution in [2.75, 3.05) is 0 Å². The summed E-state index contributed by atoms with van der Waals surface area (Å²) in [6.45, 7) is 1.84. The van der Waals surface area contributed by atoms with Crippen LogP contribution in [0.15, 0.2) is 88.9 Å². The Bertz CT molecular complexity index is 1260. The molecule has 1 amide bonds. The van der Waals surface area contributed by atoms with Crippen molar-refractivity contribution in [2.24, 2.45) is 5.10 Å². The molecule has 0 aliphatic carbocycles. The van der Waals surface area contributed by atoms with Gasteiger partial charge in [-0.25, -0.2) is 13.8 Å². The molecule has 0 bridgehead atoms. The summed E-state index contributed by atoms with van der Waals surface area (Å²) >= 11 is 0. The molecule has 170 valence electrons. The van der Waals surface area contributed by atoms with Crippen molar-refractivity contribution >= 4 is 27.8 Å². The molecule has 0 spiro atoms. The van der Waals surface area contributed by atoms with E-state index < -0.39 is 26.9 Å². The van der Waals surface area contributed by atoms with Gasteiger partial charge in [0, 0.05) is 17.7 Å². The molecule has 2 N–H and O–H groups in total. The van der Waals surface area contributed by atoms with Gasteiger partial charge in [0.2, 0.25) is 10.0 Å². The first-order valence-electron chi connectivity index (χ1n) is 9.95. The van der Waals surface area contributed by atoms with E-state index in [1.54, 1.807) is 42.5 Å². The number of hydrogen-bond donors (Lipinski definition) is 2. The number of sulfonamides is 1. The number of rotatable bonds is 9. The summed E-state index contributed by atoms with van der Waals surface area (Å²) in [4.78, 5) is 23.2. The number of amides is 1. The average molecular weight is 467 g/mol. The molecule has 0 saturated carbocycles. The Morgan fingerprint density at radius 2 is 1.76 bits per heavy atom. The van der Waals surface area contributed by atoms with Crippen LogP contribution in [0.3, 0.4) is 0 Å². The van der Waals surface area contributed by atoms with Crippen molar-refractivity contribution in [3.05, 3.63) is 106 Å². The quantitative estimate of drug-likeness (QED) is 0.284. The molecule has 0 aliphatic heterocycles. The topological polar surface area (TPSA) is 131 Å². The lowest BCUT2D eigenvalue weighted by Crippen LogP contribution is -2.46. The van der Waals surface area contributed by atoms with E-state index in [4.69, 9.17) is 0 Å². The summed E-state index contributed by atoms with van der Waals surface area (Å²) in [6.07, 6.45) is 1.35. The zero-order chi connectivity index (χ0) is 23.8. The largest absolute Gasteiger partial charge is 0.271 e. The zero-order valence-corrected chi connectivity index (χ0v) is 18.5. The third-order valence-electron chi connectivity index (χ3n) is 4.70. The molecule has 1 atom stereocenters. The van der Waals surface area contributed by atoms with E-state index in [1.165, 1.54) is 36.5 Å². The highest BCUT2D eigenvalue weighted by atomic mass is 32.2. The third kappa shape index (κ3) is 6.79. The van der Waals surface area contributed by atoms with Crippen molar-refractivity contribution in [1.82, 2.24) is 10.1 Å². The predicted molar refractivity (Wildman–Crippen MR) is 124 cm³/mol. The van der Waals surface area contributed by atoms with Gasteiger partial charge in [-0.3, -0.25) is 14.9 Å². The zero-order valence-electron chi connectivity index (χ0n) is 17.7. The number of hydrogen-bond acceptors (Lipinski definition) is 6. The lowest BCUT2D eigenvalue weighted by atomic mass is 10.1. The maximum absolute atomic E-state index is 12.9. The average Bonchev–Trinajstić information content (AvgIpc) is 2.79. The number of nitro groups is 1. The second-order valence-corrected chi connectivity index (χ2v) is 8.98. The highest BCUT2D eigenvalue weighted by Gasteiger charge is 2.26. The summed E-state index contributed by atoms with van der Waals surface area (Å²) in [6, 6.07) is 19.8. The monoisotopic (exact) mass is 466 g/mol. The Morgan fingerprint density at radius 1 is 1.06 bits per heavy atom. The maximum Gasteiger partial charge on any atom is 0.270 e. The van der Waals surface area contributed by atoms with Crippen molar-refractivity contribution in [3.8, 4) is 0 Å². The van der Waals surface area contributed by atoms with Crippen LogP contribution in [0.25, 0.3) is 0 Å². The SMILES string of the molecule is Cc1ccc(S(=O)(=O)NC(Cc2ccccc2)C(=O)NN=Cc2cccc([N+](=O)[O-])c2)cc1. The summed E-state index contributed by atoms with van der Waals surface area (Å²) < 4.78 is 28.2. The fourth-order valence-corrected chi connectivity index (χ4v) is 4.17. The van der Waals surface area contributed by atoms with Crippen LogP contribution in [-0.2, 0) is 21.2 Å². The van der Waals surface area contributed by atoms with Crippen molar-refractivity contribution in [2.45, 2.75) is 24.3 Å². The van der Waals surface area contributed by atoms with Crippen molar-refractivity contribution in [3.63, 3.8) is 0 Å². The van der Waals surface area contributed by atoms with E-state index in [1.807, 2.05) is 13.0 Å². The van der Waals surface area contributed by atoms with Gasteiger partial charge in [0.1, 0.15) is 6.04 Å². The van der Waals surface area contributed by atoms with Gasteiger partial charge in [0.05, 0.1) is 16.0 Å². The van der Waals surface area contributed by atoms with Gasteiger partial charge in [-0.1, -0.05) is 60.2 Å². The van der Waals surface area contributed by atoms with Gasteiger partial charge >= 0.3 is 0 Å². The Kier molecular flexibility index (Phi) is 7.65. The molecule has 1 unspecified atom stereocenters. The molecule has 0 aliphatic rings. The minimum absolute atomic E-state index is 0.0408. The van der Waals surface area contributed by atoms with Crippen LogP contribution in [0.2, 0.25) is 0 Å². The number of carbonyl (C=O) groups excluding carboxylic acids is 1. The standard InChI is InChI=1S/C23H22N4O5S/c1-17-10-12-21(13-11-17)33(31,32)26-22(15-18-6-3-2-4-7-18)23(28)25-24-16-19-8-5-9-20(14-19)27(29)30/h2-14,16,22,26H,15H2,1H3,(H,25,28). The van der Waals surface area contributed by atoms with Gasteiger partial charge in [0.25, 0.3) is 11.6 Å². The number of nitrogens with zero attached hydrogens (tertiary/aromatic N) is 2.